The monoisotopic (exact) mass is 169 g/mol. The second-order valence-corrected chi connectivity index (χ2v) is 2.15. The zero-order chi connectivity index (χ0) is 9.14. The third kappa shape index (κ3) is 1.46. The zero-order valence-electron chi connectivity index (χ0n) is 5.98. The molecule has 0 saturated carbocycles. The Labute approximate surface area is 67.8 Å². The van der Waals surface area contributed by atoms with Gasteiger partial charge in [0.1, 0.15) is 11.4 Å². The number of nitrogens with one attached hydrogen (secondary N) is 1. The fraction of sp³-hybridized carbons (Fsp3) is 0. The van der Waals surface area contributed by atoms with E-state index in [0.717, 1.165) is 6.07 Å². The average molecular weight is 169 g/mol. The summed E-state index contributed by atoms with van der Waals surface area (Å²) in [7, 11) is 0. The highest BCUT2D eigenvalue weighted by Crippen LogP contribution is 2.23. The van der Waals surface area contributed by atoms with Crippen LogP contribution in [-0.4, -0.2) is 21.4 Å². The lowest BCUT2D eigenvalue weighted by molar-refractivity contribution is 0.0697. The molecule has 1 aromatic rings. The van der Waals surface area contributed by atoms with Gasteiger partial charge in [-0.25, -0.2) is 4.79 Å². The van der Waals surface area contributed by atoms with Gasteiger partial charge in [0.2, 0.25) is 0 Å². The molecular formula is C7H7NO4. The highest BCUT2D eigenvalue weighted by atomic mass is 16.5. The van der Waals surface area contributed by atoms with Crippen molar-refractivity contribution in [1.29, 1.82) is 0 Å². The predicted octanol–water partition coefficient (Wildman–Crippen LogP) is 0.891. The summed E-state index contributed by atoms with van der Waals surface area (Å²) in [6.07, 6.45) is 0. The minimum absolute atomic E-state index is 0.00986. The Hall–Kier alpha value is -1.75. The van der Waals surface area contributed by atoms with Crippen molar-refractivity contribution < 1.29 is 20.2 Å². The zero-order valence-corrected chi connectivity index (χ0v) is 5.98. The first-order chi connectivity index (χ1) is 5.65. The summed E-state index contributed by atoms with van der Waals surface area (Å²) in [5, 5.41) is 25.9. The Kier molecular flexibility index (Phi) is 2.16. The molecule has 64 valence electrons. The van der Waals surface area contributed by atoms with Crippen LogP contribution in [-0.2, 0) is 0 Å². The van der Waals surface area contributed by atoms with Crippen molar-refractivity contribution in [2.75, 3.05) is 5.48 Å². The van der Waals surface area contributed by atoms with Gasteiger partial charge in [-0.1, -0.05) is 0 Å². The van der Waals surface area contributed by atoms with Gasteiger partial charge in [0.05, 0.1) is 5.56 Å². The van der Waals surface area contributed by atoms with Crippen LogP contribution < -0.4 is 5.48 Å². The molecule has 0 spiro atoms. The van der Waals surface area contributed by atoms with Gasteiger partial charge in [0.25, 0.3) is 0 Å². The summed E-state index contributed by atoms with van der Waals surface area (Å²) in [6, 6.07) is 3.54. The van der Waals surface area contributed by atoms with E-state index in [4.69, 9.17) is 15.4 Å². The first-order valence-corrected chi connectivity index (χ1v) is 3.11. The molecule has 12 heavy (non-hydrogen) atoms. The lowest BCUT2D eigenvalue weighted by atomic mass is 10.2. The van der Waals surface area contributed by atoms with Crippen LogP contribution in [0.5, 0.6) is 5.75 Å². The molecule has 0 fully saturated rings. The number of hydrogen-bond donors (Lipinski definition) is 4. The Bertz CT molecular complexity index is 310. The quantitative estimate of drug-likeness (QED) is 0.390. The number of hydrogen-bond acceptors (Lipinski definition) is 4. The minimum Gasteiger partial charge on any atom is -0.506 e. The van der Waals surface area contributed by atoms with Crippen molar-refractivity contribution >= 4 is 11.7 Å². The first-order valence-electron chi connectivity index (χ1n) is 3.11. The van der Waals surface area contributed by atoms with Crippen LogP contribution in [0.25, 0.3) is 0 Å². The van der Waals surface area contributed by atoms with Gasteiger partial charge in [-0.05, 0) is 18.2 Å². The maximum atomic E-state index is 10.4. The second-order valence-electron chi connectivity index (χ2n) is 2.15. The molecule has 1 rings (SSSR count). The van der Waals surface area contributed by atoms with E-state index in [1.54, 1.807) is 5.48 Å². The molecule has 0 aromatic heterocycles. The van der Waals surface area contributed by atoms with Gasteiger partial charge in [-0.3, -0.25) is 10.7 Å². The van der Waals surface area contributed by atoms with Crippen LogP contribution in [0.15, 0.2) is 18.2 Å². The Morgan fingerprint density at radius 1 is 1.42 bits per heavy atom. The Morgan fingerprint density at radius 2 is 2.08 bits per heavy atom. The van der Waals surface area contributed by atoms with E-state index in [1.165, 1.54) is 12.1 Å². The summed E-state index contributed by atoms with van der Waals surface area (Å²) in [6.45, 7) is 0. The van der Waals surface area contributed by atoms with Gasteiger partial charge in [0, 0.05) is 0 Å². The van der Waals surface area contributed by atoms with Crippen molar-refractivity contribution in [3.8, 4) is 5.75 Å². The molecule has 5 heteroatoms. The molecule has 0 unspecified atom stereocenters. The highest BCUT2D eigenvalue weighted by Gasteiger charge is 2.06. The lowest BCUT2D eigenvalue weighted by Gasteiger charge is -2.02. The molecule has 0 heterocycles. The molecule has 0 amide bonds. The van der Waals surface area contributed by atoms with E-state index in [2.05, 4.69) is 0 Å². The smallest absolute Gasteiger partial charge is 0.335 e. The van der Waals surface area contributed by atoms with E-state index in [-0.39, 0.29) is 17.0 Å². The molecule has 0 atom stereocenters. The lowest BCUT2D eigenvalue weighted by Crippen LogP contribution is -1.98. The highest BCUT2D eigenvalue weighted by molar-refractivity contribution is 5.89. The van der Waals surface area contributed by atoms with Crippen molar-refractivity contribution in [2.45, 2.75) is 0 Å². The fourth-order valence-electron chi connectivity index (χ4n) is 0.759. The fourth-order valence-corrected chi connectivity index (χ4v) is 0.759. The van der Waals surface area contributed by atoms with E-state index < -0.39 is 5.97 Å². The number of anilines is 1. The number of phenols is 1. The standard InChI is InChI=1S/C7H7NO4/c9-6-2-1-4(7(10)11)3-5(6)8-12/h1-3,8-9,12H,(H,10,11). The van der Waals surface area contributed by atoms with Crippen LogP contribution in [0.3, 0.4) is 0 Å². The van der Waals surface area contributed by atoms with Crippen LogP contribution >= 0.6 is 0 Å². The molecule has 4 N–H and O–H groups in total. The third-order valence-electron chi connectivity index (χ3n) is 1.36. The average Bonchev–Trinajstić information content (AvgIpc) is 2.05. The van der Waals surface area contributed by atoms with Crippen LogP contribution in [0, 0.1) is 0 Å². The van der Waals surface area contributed by atoms with E-state index in [1.807, 2.05) is 0 Å². The molecule has 0 saturated heterocycles. The SMILES string of the molecule is O=C(O)c1ccc(O)c(NO)c1. The molecule has 0 aliphatic carbocycles. The third-order valence-corrected chi connectivity index (χ3v) is 1.36. The maximum Gasteiger partial charge on any atom is 0.335 e. The van der Waals surface area contributed by atoms with Crippen LogP contribution in [0.4, 0.5) is 5.69 Å². The van der Waals surface area contributed by atoms with Crippen LogP contribution in [0.1, 0.15) is 10.4 Å². The molecule has 0 bridgehead atoms. The number of carboxylic acids is 1. The normalized spacial score (nSPS) is 9.42. The largest absolute Gasteiger partial charge is 0.506 e. The van der Waals surface area contributed by atoms with Crippen molar-refractivity contribution in [2.24, 2.45) is 0 Å². The first kappa shape index (κ1) is 8.35. The maximum absolute atomic E-state index is 10.4. The molecule has 0 aliphatic rings. The van der Waals surface area contributed by atoms with Crippen molar-refractivity contribution in [3.63, 3.8) is 0 Å². The molecular weight excluding hydrogens is 162 g/mol. The Balaban J connectivity index is 3.13. The number of rotatable bonds is 2. The van der Waals surface area contributed by atoms with Crippen molar-refractivity contribution in [1.82, 2.24) is 0 Å². The molecule has 1 aromatic carbocycles. The van der Waals surface area contributed by atoms with Gasteiger partial charge in [-0.15, -0.1) is 0 Å². The number of benzene rings is 1. The number of carbonyl (C=O) groups is 1. The number of aromatic hydroxyl groups is 1. The molecule has 0 radical (unpaired) electrons. The van der Waals surface area contributed by atoms with Crippen LogP contribution in [0.2, 0.25) is 0 Å². The summed E-state index contributed by atoms with van der Waals surface area (Å²) in [5.74, 6) is -1.32. The van der Waals surface area contributed by atoms with E-state index in [9.17, 15) is 4.79 Å². The number of aromatic carboxylic acids is 1. The van der Waals surface area contributed by atoms with Crippen molar-refractivity contribution in [3.05, 3.63) is 23.8 Å². The van der Waals surface area contributed by atoms with E-state index >= 15 is 0 Å². The summed E-state index contributed by atoms with van der Waals surface area (Å²) in [4.78, 5) is 10.4. The summed E-state index contributed by atoms with van der Waals surface area (Å²) in [5.41, 5.74) is 1.63. The Morgan fingerprint density at radius 3 is 2.58 bits per heavy atom. The van der Waals surface area contributed by atoms with Gasteiger partial charge < -0.3 is 10.2 Å². The number of phenolic OH excluding ortho intramolecular Hbond substituents is 1. The second kappa shape index (κ2) is 3.10. The predicted molar refractivity (Wildman–Crippen MR) is 40.5 cm³/mol. The number of carboxylic acid groups (broad SMARTS) is 1. The van der Waals surface area contributed by atoms with Gasteiger partial charge in [-0.2, -0.15) is 0 Å². The van der Waals surface area contributed by atoms with Gasteiger partial charge in [0.15, 0.2) is 0 Å². The minimum atomic E-state index is -1.12. The summed E-state index contributed by atoms with van der Waals surface area (Å²) >= 11 is 0. The molecule has 5 nitrogen and oxygen atoms in total. The molecule has 0 aliphatic heterocycles. The topological polar surface area (TPSA) is 89.8 Å². The van der Waals surface area contributed by atoms with E-state index in [0.29, 0.717) is 0 Å². The van der Waals surface area contributed by atoms with Gasteiger partial charge >= 0.3 is 5.97 Å². The summed E-state index contributed by atoms with van der Waals surface area (Å²) < 4.78 is 0.